The van der Waals surface area contributed by atoms with Gasteiger partial charge < -0.3 is 20.9 Å². The maximum absolute atomic E-state index is 13.6. The Kier molecular flexibility index (Phi) is 6.54. The molecule has 2 aromatic rings. The molecule has 0 heterocycles. The number of halogens is 1. The summed E-state index contributed by atoms with van der Waals surface area (Å²) in [6.45, 7) is 2.54. The number of carbonyl (C=O) groups is 2. The summed E-state index contributed by atoms with van der Waals surface area (Å²) in [5, 5.41) is 7.89. The van der Waals surface area contributed by atoms with E-state index in [0.29, 0.717) is 17.8 Å². The van der Waals surface area contributed by atoms with Gasteiger partial charge in [0.1, 0.15) is 5.82 Å². The number of hydrogen-bond donors (Lipinski definition) is 3. The van der Waals surface area contributed by atoms with E-state index in [9.17, 15) is 14.0 Å². The van der Waals surface area contributed by atoms with Crippen LogP contribution in [0, 0.1) is 5.82 Å². The van der Waals surface area contributed by atoms with Gasteiger partial charge in [-0.2, -0.15) is 0 Å². The lowest BCUT2D eigenvalue weighted by molar-refractivity contribution is 0.0954. The maximum atomic E-state index is 13.6. The van der Waals surface area contributed by atoms with E-state index in [1.807, 2.05) is 25.9 Å². The standard InChI is InChI=1S/C19H23FN4O2/c1-4-11-21-18(25)14-12-13(9-10-17(14)24(2)3)22-19(26)23-16-8-6-5-7-15(16)20/h5-10,12H,4,11H2,1-3H3,(H,21,25)(H2,22,23,26). The van der Waals surface area contributed by atoms with E-state index in [0.717, 1.165) is 12.1 Å². The van der Waals surface area contributed by atoms with Gasteiger partial charge in [0, 0.05) is 32.0 Å². The number of urea groups is 1. The van der Waals surface area contributed by atoms with Crippen LogP contribution in [0.3, 0.4) is 0 Å². The van der Waals surface area contributed by atoms with Crippen LogP contribution in [0.5, 0.6) is 0 Å². The van der Waals surface area contributed by atoms with Crippen molar-refractivity contribution < 1.29 is 14.0 Å². The topological polar surface area (TPSA) is 73.5 Å². The Morgan fingerprint density at radius 3 is 2.46 bits per heavy atom. The average Bonchev–Trinajstić information content (AvgIpc) is 2.61. The van der Waals surface area contributed by atoms with Gasteiger partial charge in [-0.15, -0.1) is 0 Å². The number of para-hydroxylation sites is 1. The summed E-state index contributed by atoms with van der Waals surface area (Å²) in [5.41, 5.74) is 1.70. The zero-order valence-corrected chi connectivity index (χ0v) is 15.1. The Bertz CT molecular complexity index is 793. The van der Waals surface area contributed by atoms with Gasteiger partial charge in [0.25, 0.3) is 5.91 Å². The first-order valence-corrected chi connectivity index (χ1v) is 8.34. The van der Waals surface area contributed by atoms with Crippen molar-refractivity contribution in [3.8, 4) is 0 Å². The monoisotopic (exact) mass is 358 g/mol. The first kappa shape index (κ1) is 19.2. The number of hydrogen-bond acceptors (Lipinski definition) is 3. The third kappa shape index (κ3) is 4.95. The van der Waals surface area contributed by atoms with Crippen LogP contribution in [-0.4, -0.2) is 32.6 Å². The zero-order chi connectivity index (χ0) is 19.1. The summed E-state index contributed by atoms with van der Waals surface area (Å²) in [6.07, 6.45) is 0.825. The molecular formula is C19H23FN4O2. The molecule has 0 aliphatic carbocycles. The molecule has 0 spiro atoms. The summed E-state index contributed by atoms with van der Waals surface area (Å²) in [4.78, 5) is 26.3. The van der Waals surface area contributed by atoms with Crippen LogP contribution in [0.4, 0.5) is 26.2 Å². The first-order chi connectivity index (χ1) is 12.4. The SMILES string of the molecule is CCCNC(=O)c1cc(NC(=O)Nc2ccccc2F)ccc1N(C)C. The maximum Gasteiger partial charge on any atom is 0.323 e. The molecule has 3 N–H and O–H groups in total. The van der Waals surface area contributed by atoms with Gasteiger partial charge in [-0.05, 0) is 36.8 Å². The fraction of sp³-hybridized carbons (Fsp3) is 0.263. The smallest absolute Gasteiger partial charge is 0.323 e. The molecule has 0 aliphatic heterocycles. The van der Waals surface area contributed by atoms with E-state index >= 15 is 0 Å². The highest BCUT2D eigenvalue weighted by Crippen LogP contribution is 2.23. The van der Waals surface area contributed by atoms with Crippen molar-refractivity contribution in [2.75, 3.05) is 36.2 Å². The molecule has 2 rings (SSSR count). The van der Waals surface area contributed by atoms with E-state index < -0.39 is 11.8 Å². The molecule has 0 saturated carbocycles. The molecule has 0 radical (unpaired) electrons. The van der Waals surface area contributed by atoms with E-state index in [-0.39, 0.29) is 11.6 Å². The number of nitrogens with zero attached hydrogens (tertiary/aromatic N) is 1. The predicted octanol–water partition coefficient (Wildman–Crippen LogP) is 3.68. The molecule has 0 fully saturated rings. The molecule has 138 valence electrons. The normalized spacial score (nSPS) is 10.2. The quantitative estimate of drug-likeness (QED) is 0.738. The van der Waals surface area contributed by atoms with Crippen LogP contribution in [-0.2, 0) is 0 Å². The Morgan fingerprint density at radius 1 is 1.08 bits per heavy atom. The summed E-state index contributed by atoms with van der Waals surface area (Å²) in [7, 11) is 3.67. The van der Waals surface area contributed by atoms with Crippen LogP contribution in [0.25, 0.3) is 0 Å². The van der Waals surface area contributed by atoms with Crippen molar-refractivity contribution in [2.24, 2.45) is 0 Å². The Labute approximate surface area is 152 Å². The highest BCUT2D eigenvalue weighted by molar-refractivity contribution is 6.03. The van der Waals surface area contributed by atoms with E-state index in [4.69, 9.17) is 0 Å². The summed E-state index contributed by atoms with van der Waals surface area (Å²) in [6, 6.07) is 10.3. The molecule has 0 saturated heterocycles. The van der Waals surface area contributed by atoms with Crippen molar-refractivity contribution in [3.63, 3.8) is 0 Å². The lowest BCUT2D eigenvalue weighted by atomic mass is 10.1. The number of carbonyl (C=O) groups excluding carboxylic acids is 2. The minimum atomic E-state index is -0.590. The highest BCUT2D eigenvalue weighted by Gasteiger charge is 2.15. The lowest BCUT2D eigenvalue weighted by Gasteiger charge is -2.18. The van der Waals surface area contributed by atoms with Gasteiger partial charge in [-0.1, -0.05) is 19.1 Å². The Balaban J connectivity index is 2.17. The molecule has 6 nitrogen and oxygen atoms in total. The van der Waals surface area contributed by atoms with Crippen molar-refractivity contribution in [3.05, 3.63) is 53.8 Å². The second kappa shape index (κ2) is 8.84. The van der Waals surface area contributed by atoms with E-state index in [1.54, 1.807) is 30.3 Å². The first-order valence-electron chi connectivity index (χ1n) is 8.34. The largest absolute Gasteiger partial charge is 0.377 e. The van der Waals surface area contributed by atoms with Gasteiger partial charge >= 0.3 is 6.03 Å². The van der Waals surface area contributed by atoms with E-state index in [2.05, 4.69) is 16.0 Å². The van der Waals surface area contributed by atoms with Gasteiger partial charge in [-0.25, -0.2) is 9.18 Å². The second-order valence-corrected chi connectivity index (χ2v) is 5.94. The van der Waals surface area contributed by atoms with Gasteiger partial charge in [0.15, 0.2) is 0 Å². The molecule has 2 aromatic carbocycles. The minimum Gasteiger partial charge on any atom is -0.377 e. The van der Waals surface area contributed by atoms with Gasteiger partial charge in [0.2, 0.25) is 0 Å². The third-order valence-corrected chi connectivity index (χ3v) is 3.64. The number of rotatable bonds is 6. The lowest BCUT2D eigenvalue weighted by Crippen LogP contribution is -2.27. The van der Waals surface area contributed by atoms with Crippen molar-refractivity contribution in [1.29, 1.82) is 0 Å². The number of amides is 3. The molecule has 0 bridgehead atoms. The predicted molar refractivity (Wildman–Crippen MR) is 102 cm³/mol. The van der Waals surface area contributed by atoms with Gasteiger partial charge in [0.05, 0.1) is 11.3 Å². The highest BCUT2D eigenvalue weighted by atomic mass is 19.1. The molecule has 26 heavy (non-hydrogen) atoms. The Hall–Kier alpha value is -3.09. The average molecular weight is 358 g/mol. The van der Waals surface area contributed by atoms with Crippen LogP contribution >= 0.6 is 0 Å². The number of anilines is 3. The zero-order valence-electron chi connectivity index (χ0n) is 15.1. The van der Waals surface area contributed by atoms with Crippen molar-refractivity contribution >= 4 is 29.0 Å². The van der Waals surface area contributed by atoms with Crippen molar-refractivity contribution in [1.82, 2.24) is 5.32 Å². The third-order valence-electron chi connectivity index (χ3n) is 3.64. The van der Waals surface area contributed by atoms with Crippen LogP contribution in [0.15, 0.2) is 42.5 Å². The molecule has 0 aromatic heterocycles. The van der Waals surface area contributed by atoms with Crippen LogP contribution < -0.4 is 20.9 Å². The summed E-state index contributed by atoms with van der Waals surface area (Å²) >= 11 is 0. The molecule has 3 amide bonds. The molecule has 0 atom stereocenters. The fourth-order valence-corrected chi connectivity index (χ4v) is 2.37. The number of nitrogens with one attached hydrogen (secondary N) is 3. The van der Waals surface area contributed by atoms with Crippen molar-refractivity contribution in [2.45, 2.75) is 13.3 Å². The van der Waals surface area contributed by atoms with Crippen LogP contribution in [0.2, 0.25) is 0 Å². The number of benzene rings is 2. The molecule has 0 aliphatic rings. The molecule has 0 unspecified atom stereocenters. The van der Waals surface area contributed by atoms with Crippen LogP contribution in [0.1, 0.15) is 23.7 Å². The molecular weight excluding hydrogens is 335 g/mol. The summed E-state index contributed by atoms with van der Waals surface area (Å²) < 4.78 is 13.6. The summed E-state index contributed by atoms with van der Waals surface area (Å²) in [5.74, 6) is -0.737. The fourth-order valence-electron chi connectivity index (χ4n) is 2.37. The Morgan fingerprint density at radius 2 is 1.81 bits per heavy atom. The van der Waals surface area contributed by atoms with E-state index in [1.165, 1.54) is 12.1 Å². The second-order valence-electron chi connectivity index (χ2n) is 5.94. The molecule has 7 heteroatoms. The minimum absolute atomic E-state index is 0.0795. The van der Waals surface area contributed by atoms with Gasteiger partial charge in [-0.3, -0.25) is 4.79 Å².